The molecule has 4 N–H and O–H groups in total. The summed E-state index contributed by atoms with van der Waals surface area (Å²) in [6, 6.07) is 22.9. The van der Waals surface area contributed by atoms with Crippen LogP contribution in [-0.4, -0.2) is 11.8 Å². The lowest BCUT2D eigenvalue weighted by atomic mass is 10.1. The summed E-state index contributed by atoms with van der Waals surface area (Å²) in [6.45, 7) is 0. The molecule has 3 rings (SSSR count). The van der Waals surface area contributed by atoms with Gasteiger partial charge in [0.25, 0.3) is 11.8 Å². The zero-order valence-corrected chi connectivity index (χ0v) is 16.4. The van der Waals surface area contributed by atoms with Crippen molar-refractivity contribution in [2.75, 3.05) is 11.1 Å². The van der Waals surface area contributed by atoms with Crippen molar-refractivity contribution >= 4 is 45.2 Å². The smallest absolute Gasteiger partial charge is 0.272 e. The molecule has 2 amide bonds. The number of rotatable bonds is 5. The van der Waals surface area contributed by atoms with Crippen LogP contribution >= 0.6 is 15.9 Å². The molecule has 0 aromatic heterocycles. The van der Waals surface area contributed by atoms with Gasteiger partial charge in [-0.25, -0.2) is 0 Å². The number of hydrogen-bond donors (Lipinski definition) is 3. The zero-order chi connectivity index (χ0) is 19.9. The lowest BCUT2D eigenvalue weighted by molar-refractivity contribution is -0.113. The predicted molar refractivity (Wildman–Crippen MR) is 116 cm³/mol. The van der Waals surface area contributed by atoms with Crippen molar-refractivity contribution in [3.63, 3.8) is 0 Å². The quantitative estimate of drug-likeness (QED) is 0.409. The number of hydrogen-bond acceptors (Lipinski definition) is 3. The Kier molecular flexibility index (Phi) is 6.24. The Balaban J connectivity index is 1.86. The van der Waals surface area contributed by atoms with Gasteiger partial charge in [-0.15, -0.1) is 0 Å². The molecule has 5 nitrogen and oxygen atoms in total. The minimum Gasteiger partial charge on any atom is -0.399 e. The highest BCUT2D eigenvalue weighted by atomic mass is 79.9. The molecule has 140 valence electrons. The molecular weight excluding hydrogens is 418 g/mol. The highest BCUT2D eigenvalue weighted by molar-refractivity contribution is 9.10. The van der Waals surface area contributed by atoms with Gasteiger partial charge in [0.15, 0.2) is 0 Å². The molecule has 0 aliphatic rings. The first-order chi connectivity index (χ1) is 13.5. The zero-order valence-electron chi connectivity index (χ0n) is 14.9. The van der Waals surface area contributed by atoms with Crippen LogP contribution in [0.25, 0.3) is 6.08 Å². The normalized spacial score (nSPS) is 11.0. The molecule has 0 saturated carbocycles. The number of carbonyl (C=O) groups excluding carboxylic acids is 2. The van der Waals surface area contributed by atoms with E-state index >= 15 is 0 Å². The van der Waals surface area contributed by atoms with Crippen LogP contribution in [-0.2, 0) is 4.79 Å². The summed E-state index contributed by atoms with van der Waals surface area (Å²) < 4.78 is 0.922. The van der Waals surface area contributed by atoms with E-state index in [2.05, 4.69) is 26.6 Å². The molecule has 3 aromatic rings. The van der Waals surface area contributed by atoms with Gasteiger partial charge in [0.2, 0.25) is 0 Å². The predicted octanol–water partition coefficient (Wildman–Crippen LogP) is 4.44. The lowest BCUT2D eigenvalue weighted by Gasteiger charge is -2.11. The molecule has 0 heterocycles. The average Bonchev–Trinajstić information content (AvgIpc) is 2.71. The molecule has 0 saturated heterocycles. The largest absolute Gasteiger partial charge is 0.399 e. The van der Waals surface area contributed by atoms with Crippen LogP contribution in [0, 0.1) is 0 Å². The van der Waals surface area contributed by atoms with Crippen molar-refractivity contribution in [2.24, 2.45) is 0 Å². The SMILES string of the molecule is Nc1ccc(NC(=O)/C(=C/c2ccc(Br)cc2)NC(=O)c2ccccc2)cc1. The number of nitrogens with two attached hydrogens (primary N) is 1. The van der Waals surface area contributed by atoms with Crippen LogP contribution in [0.3, 0.4) is 0 Å². The van der Waals surface area contributed by atoms with Crippen molar-refractivity contribution in [2.45, 2.75) is 0 Å². The molecule has 0 radical (unpaired) electrons. The third-order valence-corrected chi connectivity index (χ3v) is 4.41. The summed E-state index contributed by atoms with van der Waals surface area (Å²) in [4.78, 5) is 25.3. The Morgan fingerprint density at radius 1 is 0.857 bits per heavy atom. The van der Waals surface area contributed by atoms with Crippen molar-refractivity contribution in [3.8, 4) is 0 Å². The number of carbonyl (C=O) groups is 2. The number of anilines is 2. The monoisotopic (exact) mass is 435 g/mol. The number of benzene rings is 3. The first kappa shape index (κ1) is 19.4. The summed E-state index contributed by atoms with van der Waals surface area (Å²) >= 11 is 3.38. The van der Waals surface area contributed by atoms with Gasteiger partial charge in [-0.2, -0.15) is 0 Å². The Bertz CT molecular complexity index is 998. The van der Waals surface area contributed by atoms with E-state index in [9.17, 15) is 9.59 Å². The number of amides is 2. The Hall–Kier alpha value is -3.38. The Labute approximate surface area is 171 Å². The lowest BCUT2D eigenvalue weighted by Crippen LogP contribution is -2.30. The molecule has 0 spiro atoms. The molecule has 0 fully saturated rings. The fourth-order valence-corrected chi connectivity index (χ4v) is 2.70. The first-order valence-corrected chi connectivity index (χ1v) is 9.31. The van der Waals surface area contributed by atoms with Crippen LogP contribution in [0.15, 0.2) is 89.0 Å². The summed E-state index contributed by atoms with van der Waals surface area (Å²) in [5.41, 5.74) is 8.23. The fourth-order valence-electron chi connectivity index (χ4n) is 2.43. The third kappa shape index (κ3) is 5.31. The van der Waals surface area contributed by atoms with E-state index in [0.717, 1.165) is 10.0 Å². The van der Waals surface area contributed by atoms with Gasteiger partial charge >= 0.3 is 0 Å². The van der Waals surface area contributed by atoms with E-state index in [1.807, 2.05) is 30.3 Å². The molecular formula is C22H18BrN3O2. The second kappa shape index (κ2) is 9.01. The van der Waals surface area contributed by atoms with Crippen LogP contribution in [0.2, 0.25) is 0 Å². The number of halogens is 1. The Morgan fingerprint density at radius 2 is 1.50 bits per heavy atom. The van der Waals surface area contributed by atoms with Crippen molar-refractivity contribution in [1.29, 1.82) is 0 Å². The summed E-state index contributed by atoms with van der Waals surface area (Å²) in [6.07, 6.45) is 1.62. The van der Waals surface area contributed by atoms with Crippen molar-refractivity contribution < 1.29 is 9.59 Å². The molecule has 0 bridgehead atoms. The first-order valence-electron chi connectivity index (χ1n) is 8.52. The summed E-state index contributed by atoms with van der Waals surface area (Å²) in [5, 5.41) is 5.47. The molecule has 0 atom stereocenters. The van der Waals surface area contributed by atoms with Crippen molar-refractivity contribution in [1.82, 2.24) is 5.32 Å². The molecule has 0 aliphatic heterocycles. The fraction of sp³-hybridized carbons (Fsp3) is 0. The number of nitrogen functional groups attached to an aromatic ring is 1. The van der Waals surface area contributed by atoms with E-state index < -0.39 is 5.91 Å². The van der Waals surface area contributed by atoms with Crippen LogP contribution in [0.1, 0.15) is 15.9 Å². The second-order valence-electron chi connectivity index (χ2n) is 6.01. The maximum Gasteiger partial charge on any atom is 0.272 e. The van der Waals surface area contributed by atoms with E-state index in [1.165, 1.54) is 0 Å². The second-order valence-corrected chi connectivity index (χ2v) is 6.92. The van der Waals surface area contributed by atoms with Crippen LogP contribution in [0.5, 0.6) is 0 Å². The summed E-state index contributed by atoms with van der Waals surface area (Å²) in [7, 11) is 0. The van der Waals surface area contributed by atoms with E-state index in [4.69, 9.17) is 5.73 Å². The highest BCUT2D eigenvalue weighted by Gasteiger charge is 2.15. The molecule has 0 unspecified atom stereocenters. The highest BCUT2D eigenvalue weighted by Crippen LogP contribution is 2.15. The van der Waals surface area contributed by atoms with Gasteiger partial charge in [0.1, 0.15) is 5.70 Å². The van der Waals surface area contributed by atoms with Crippen molar-refractivity contribution in [3.05, 3.63) is 100 Å². The molecule has 0 aliphatic carbocycles. The van der Waals surface area contributed by atoms with E-state index in [1.54, 1.807) is 54.6 Å². The maximum absolute atomic E-state index is 12.8. The minimum atomic E-state index is -0.433. The molecule has 6 heteroatoms. The average molecular weight is 436 g/mol. The van der Waals surface area contributed by atoms with Gasteiger partial charge in [0, 0.05) is 21.4 Å². The van der Waals surface area contributed by atoms with Crippen LogP contribution in [0.4, 0.5) is 11.4 Å². The van der Waals surface area contributed by atoms with Gasteiger partial charge < -0.3 is 16.4 Å². The van der Waals surface area contributed by atoms with Gasteiger partial charge in [-0.1, -0.05) is 46.3 Å². The number of nitrogens with one attached hydrogen (secondary N) is 2. The van der Waals surface area contributed by atoms with Gasteiger partial charge in [0.05, 0.1) is 0 Å². The third-order valence-electron chi connectivity index (χ3n) is 3.88. The van der Waals surface area contributed by atoms with E-state index in [-0.39, 0.29) is 11.6 Å². The Morgan fingerprint density at radius 3 is 2.14 bits per heavy atom. The van der Waals surface area contributed by atoms with E-state index in [0.29, 0.717) is 16.9 Å². The summed E-state index contributed by atoms with van der Waals surface area (Å²) in [5.74, 6) is -0.798. The van der Waals surface area contributed by atoms with Crippen LogP contribution < -0.4 is 16.4 Å². The topological polar surface area (TPSA) is 84.2 Å². The minimum absolute atomic E-state index is 0.132. The maximum atomic E-state index is 12.8. The molecule has 3 aromatic carbocycles. The van der Waals surface area contributed by atoms with Gasteiger partial charge in [-0.3, -0.25) is 9.59 Å². The van der Waals surface area contributed by atoms with Gasteiger partial charge in [-0.05, 0) is 60.2 Å². The standard InChI is InChI=1S/C22H18BrN3O2/c23-17-8-6-15(7-9-17)14-20(26-21(27)16-4-2-1-3-5-16)22(28)25-19-12-10-18(24)11-13-19/h1-14H,24H2,(H,25,28)(H,26,27)/b20-14-. The molecule has 28 heavy (non-hydrogen) atoms.